The molecule has 1 aromatic carbocycles. The summed E-state index contributed by atoms with van der Waals surface area (Å²) in [5, 5.41) is 0.0931. The normalized spacial score (nSPS) is 10.6. The molecule has 0 saturated carbocycles. The molecule has 0 saturated heterocycles. The number of amides is 1. The maximum Gasteiger partial charge on any atom is 0.248 e. The van der Waals surface area contributed by atoms with Crippen LogP contribution in [0.15, 0.2) is 30.3 Å². The Labute approximate surface area is 98.7 Å². The summed E-state index contributed by atoms with van der Waals surface area (Å²) in [5.41, 5.74) is 6.56. The van der Waals surface area contributed by atoms with Crippen molar-refractivity contribution in [3.05, 3.63) is 41.5 Å². The number of hydrogen-bond acceptors (Lipinski definition) is 3. The molecule has 0 heterocycles. The lowest BCUT2D eigenvalue weighted by Gasteiger charge is -1.97. The Morgan fingerprint density at radius 3 is 2.81 bits per heavy atom. The summed E-state index contributed by atoms with van der Waals surface area (Å²) in [4.78, 5) is 21.6. The van der Waals surface area contributed by atoms with E-state index in [0.29, 0.717) is 11.3 Å². The molecule has 0 aromatic heterocycles. The third-order valence-electron chi connectivity index (χ3n) is 1.86. The first-order valence-corrected chi connectivity index (χ1v) is 5.78. The first kappa shape index (κ1) is 12.5. The van der Waals surface area contributed by atoms with Gasteiger partial charge in [-0.3, -0.25) is 9.59 Å². The molecule has 0 aliphatic heterocycles. The minimum absolute atomic E-state index is 0.0931. The third kappa shape index (κ3) is 4.31. The van der Waals surface area contributed by atoms with Gasteiger partial charge in [0, 0.05) is 18.2 Å². The molecule has 0 unspecified atom stereocenters. The SMILES string of the molecule is CC(=O)SCC=Cc1cccc(C(N)=O)c1. The van der Waals surface area contributed by atoms with Crippen LogP contribution < -0.4 is 5.73 Å². The standard InChI is InChI=1S/C12H13NO2S/c1-9(14)16-7-3-5-10-4-2-6-11(8-10)12(13)15/h2-6,8H,7H2,1H3,(H2,13,15). The first-order valence-electron chi connectivity index (χ1n) is 4.79. The van der Waals surface area contributed by atoms with E-state index < -0.39 is 5.91 Å². The highest BCUT2D eigenvalue weighted by Crippen LogP contribution is 2.08. The molecule has 4 heteroatoms. The van der Waals surface area contributed by atoms with Crippen molar-refractivity contribution >= 4 is 28.9 Å². The number of rotatable bonds is 4. The van der Waals surface area contributed by atoms with Crippen LogP contribution in [-0.2, 0) is 4.79 Å². The molecule has 84 valence electrons. The Kier molecular flexibility index (Phi) is 4.79. The van der Waals surface area contributed by atoms with E-state index in [9.17, 15) is 9.59 Å². The van der Waals surface area contributed by atoms with Crippen molar-refractivity contribution in [1.29, 1.82) is 0 Å². The molecule has 0 fully saturated rings. The van der Waals surface area contributed by atoms with Crippen LogP contribution in [0, 0.1) is 0 Å². The second-order valence-electron chi connectivity index (χ2n) is 3.19. The van der Waals surface area contributed by atoms with Gasteiger partial charge in [0.25, 0.3) is 0 Å². The van der Waals surface area contributed by atoms with Crippen LogP contribution in [-0.4, -0.2) is 16.8 Å². The second-order valence-corrected chi connectivity index (χ2v) is 4.39. The van der Waals surface area contributed by atoms with Crippen LogP contribution in [0.1, 0.15) is 22.8 Å². The van der Waals surface area contributed by atoms with Gasteiger partial charge in [0.2, 0.25) is 5.91 Å². The van der Waals surface area contributed by atoms with Gasteiger partial charge in [-0.15, -0.1) is 0 Å². The van der Waals surface area contributed by atoms with Crippen molar-refractivity contribution in [2.24, 2.45) is 5.73 Å². The molecule has 0 spiro atoms. The molecule has 0 atom stereocenters. The van der Waals surface area contributed by atoms with Crippen LogP contribution in [0.2, 0.25) is 0 Å². The summed E-state index contributed by atoms with van der Waals surface area (Å²) in [6.45, 7) is 1.53. The molecule has 3 nitrogen and oxygen atoms in total. The van der Waals surface area contributed by atoms with E-state index in [1.165, 1.54) is 18.7 Å². The largest absolute Gasteiger partial charge is 0.366 e. The molecule has 1 amide bonds. The van der Waals surface area contributed by atoms with Gasteiger partial charge in [-0.05, 0) is 17.7 Å². The van der Waals surface area contributed by atoms with Gasteiger partial charge in [-0.2, -0.15) is 0 Å². The second kappa shape index (κ2) is 6.12. The topological polar surface area (TPSA) is 60.2 Å². The molecule has 0 aliphatic carbocycles. The molecular weight excluding hydrogens is 222 g/mol. The number of hydrogen-bond donors (Lipinski definition) is 1. The van der Waals surface area contributed by atoms with E-state index in [1.807, 2.05) is 18.2 Å². The Balaban J connectivity index is 2.63. The highest BCUT2D eigenvalue weighted by atomic mass is 32.2. The number of primary amides is 1. The van der Waals surface area contributed by atoms with Gasteiger partial charge in [-0.1, -0.05) is 36.0 Å². The molecule has 16 heavy (non-hydrogen) atoms. The lowest BCUT2D eigenvalue weighted by atomic mass is 10.1. The van der Waals surface area contributed by atoms with E-state index >= 15 is 0 Å². The number of nitrogens with two attached hydrogens (primary N) is 1. The van der Waals surface area contributed by atoms with E-state index in [-0.39, 0.29) is 5.12 Å². The van der Waals surface area contributed by atoms with Gasteiger partial charge in [0.05, 0.1) is 0 Å². The van der Waals surface area contributed by atoms with Gasteiger partial charge >= 0.3 is 0 Å². The highest BCUT2D eigenvalue weighted by Gasteiger charge is 1.98. The minimum Gasteiger partial charge on any atom is -0.366 e. The van der Waals surface area contributed by atoms with Crippen molar-refractivity contribution in [2.45, 2.75) is 6.92 Å². The molecule has 0 radical (unpaired) electrons. The molecule has 0 bridgehead atoms. The predicted octanol–water partition coefficient (Wildman–Crippen LogP) is 2.08. The summed E-state index contributed by atoms with van der Waals surface area (Å²) >= 11 is 1.24. The van der Waals surface area contributed by atoms with Crippen LogP contribution in [0.4, 0.5) is 0 Å². The quantitative estimate of drug-likeness (QED) is 0.869. The number of thioether (sulfide) groups is 1. The van der Waals surface area contributed by atoms with Gasteiger partial charge in [0.1, 0.15) is 0 Å². The fourth-order valence-electron chi connectivity index (χ4n) is 1.15. The average Bonchev–Trinajstić information content (AvgIpc) is 2.24. The Bertz CT molecular complexity index is 427. The third-order valence-corrected chi connectivity index (χ3v) is 2.63. The average molecular weight is 235 g/mol. The highest BCUT2D eigenvalue weighted by molar-refractivity contribution is 8.13. The smallest absolute Gasteiger partial charge is 0.248 e. The van der Waals surface area contributed by atoms with Gasteiger partial charge in [0.15, 0.2) is 5.12 Å². The number of carbonyl (C=O) groups excluding carboxylic acids is 2. The summed E-state index contributed by atoms with van der Waals surface area (Å²) in [5.74, 6) is 0.198. The van der Waals surface area contributed by atoms with E-state index in [2.05, 4.69) is 0 Å². The fourth-order valence-corrected chi connectivity index (χ4v) is 1.57. The Morgan fingerprint density at radius 1 is 1.44 bits per heavy atom. The minimum atomic E-state index is -0.437. The van der Waals surface area contributed by atoms with Crippen molar-refractivity contribution in [1.82, 2.24) is 0 Å². The van der Waals surface area contributed by atoms with Crippen LogP contribution in [0.25, 0.3) is 6.08 Å². The lowest BCUT2D eigenvalue weighted by Crippen LogP contribution is -2.10. The first-order chi connectivity index (χ1) is 7.59. The molecule has 2 N–H and O–H groups in total. The lowest BCUT2D eigenvalue weighted by molar-refractivity contribution is -0.109. The fraction of sp³-hybridized carbons (Fsp3) is 0.167. The zero-order valence-electron chi connectivity index (χ0n) is 8.97. The van der Waals surface area contributed by atoms with E-state index in [4.69, 9.17) is 5.73 Å². The van der Waals surface area contributed by atoms with Gasteiger partial charge < -0.3 is 5.73 Å². The van der Waals surface area contributed by atoms with Crippen molar-refractivity contribution < 1.29 is 9.59 Å². The van der Waals surface area contributed by atoms with Crippen LogP contribution in [0.3, 0.4) is 0 Å². The van der Waals surface area contributed by atoms with Crippen LogP contribution in [0.5, 0.6) is 0 Å². The zero-order valence-corrected chi connectivity index (χ0v) is 9.79. The van der Waals surface area contributed by atoms with Crippen molar-refractivity contribution in [3.8, 4) is 0 Å². The molecule has 1 rings (SSSR count). The molecular formula is C12H13NO2S. The van der Waals surface area contributed by atoms with Crippen LogP contribution >= 0.6 is 11.8 Å². The van der Waals surface area contributed by atoms with E-state index in [0.717, 1.165) is 5.56 Å². The van der Waals surface area contributed by atoms with Crippen molar-refractivity contribution in [2.75, 3.05) is 5.75 Å². The predicted molar refractivity (Wildman–Crippen MR) is 67.1 cm³/mol. The summed E-state index contributed by atoms with van der Waals surface area (Å²) in [6.07, 6.45) is 3.74. The monoisotopic (exact) mass is 235 g/mol. The Morgan fingerprint density at radius 2 is 2.19 bits per heavy atom. The summed E-state index contributed by atoms with van der Waals surface area (Å²) in [7, 11) is 0. The summed E-state index contributed by atoms with van der Waals surface area (Å²) < 4.78 is 0. The number of carbonyl (C=O) groups is 2. The molecule has 1 aromatic rings. The maximum atomic E-state index is 10.9. The Hall–Kier alpha value is -1.55. The summed E-state index contributed by atoms with van der Waals surface area (Å²) in [6, 6.07) is 7.04. The zero-order chi connectivity index (χ0) is 12.0. The van der Waals surface area contributed by atoms with Crippen molar-refractivity contribution in [3.63, 3.8) is 0 Å². The molecule has 0 aliphatic rings. The van der Waals surface area contributed by atoms with E-state index in [1.54, 1.807) is 18.2 Å². The van der Waals surface area contributed by atoms with Gasteiger partial charge in [-0.25, -0.2) is 0 Å². The number of benzene rings is 1. The maximum absolute atomic E-state index is 10.9.